The maximum Gasteiger partial charge on any atom is 0.131 e. The maximum absolute atomic E-state index is 6.50. The first-order valence-corrected chi connectivity index (χ1v) is 11.0. The van der Waals surface area contributed by atoms with Crippen molar-refractivity contribution in [2.45, 2.75) is 51.1 Å². The molecule has 0 unspecified atom stereocenters. The summed E-state index contributed by atoms with van der Waals surface area (Å²) < 4.78 is 1.12. The first-order chi connectivity index (χ1) is 13.7. The van der Waals surface area contributed by atoms with E-state index in [1.807, 2.05) is 19.1 Å². The monoisotopic (exact) mass is 409 g/mol. The molecule has 0 radical (unpaired) electrons. The Morgan fingerprint density at radius 1 is 1.25 bits per heavy atom. The fourth-order valence-corrected chi connectivity index (χ4v) is 5.56. The first kappa shape index (κ1) is 19.3. The van der Waals surface area contributed by atoms with Crippen molar-refractivity contribution in [1.29, 1.82) is 0 Å². The average molecular weight is 410 g/mol. The molecule has 1 aromatic carbocycles. The van der Waals surface area contributed by atoms with Crippen LogP contribution in [0.3, 0.4) is 0 Å². The van der Waals surface area contributed by atoms with Crippen LogP contribution in [0.5, 0.6) is 0 Å². The minimum Gasteiger partial charge on any atom is -0.380 e. The third-order valence-electron chi connectivity index (χ3n) is 5.37. The van der Waals surface area contributed by atoms with Crippen LogP contribution < -0.4 is 11.1 Å². The predicted molar refractivity (Wildman–Crippen MR) is 120 cm³/mol. The molecule has 2 heterocycles. The number of nitrogens with one attached hydrogen (secondary N) is 1. The quantitative estimate of drug-likeness (QED) is 0.415. The van der Waals surface area contributed by atoms with Crippen molar-refractivity contribution < 1.29 is 0 Å². The number of anilines is 1. The van der Waals surface area contributed by atoms with E-state index in [4.69, 9.17) is 17.3 Å². The molecule has 1 aliphatic carbocycles. The van der Waals surface area contributed by atoms with Gasteiger partial charge in [0.2, 0.25) is 0 Å². The number of halogens is 1. The second kappa shape index (κ2) is 8.53. The van der Waals surface area contributed by atoms with Gasteiger partial charge in [0.1, 0.15) is 10.7 Å². The highest BCUT2D eigenvalue weighted by Crippen LogP contribution is 2.44. The molecule has 1 saturated carbocycles. The van der Waals surface area contributed by atoms with E-state index in [9.17, 15) is 0 Å². The molecule has 144 valence electrons. The van der Waals surface area contributed by atoms with Crippen LogP contribution in [-0.4, -0.2) is 11.0 Å². The number of nitrogens with zero attached hydrogens (tertiary/aromatic N) is 1. The zero-order valence-electron chi connectivity index (χ0n) is 16.0. The molecule has 0 aliphatic heterocycles. The normalized spacial score (nSPS) is 19.2. The van der Waals surface area contributed by atoms with E-state index in [-0.39, 0.29) is 6.04 Å². The van der Waals surface area contributed by atoms with Gasteiger partial charge in [-0.25, -0.2) is 4.98 Å². The first-order valence-electron chi connectivity index (χ1n) is 9.76. The van der Waals surface area contributed by atoms with Gasteiger partial charge in [-0.05, 0) is 25.3 Å². The predicted octanol–water partition coefficient (Wildman–Crippen LogP) is 5.92. The minimum absolute atomic E-state index is 0.190. The van der Waals surface area contributed by atoms with Crippen molar-refractivity contribution in [1.82, 2.24) is 4.98 Å². The molecule has 0 spiro atoms. The largest absolute Gasteiger partial charge is 0.380 e. The molecule has 2 aromatic heterocycles. The lowest BCUT2D eigenvalue weighted by Crippen LogP contribution is -2.31. The molecule has 1 fully saturated rings. The zero-order valence-corrected chi connectivity index (χ0v) is 17.5. The summed E-state index contributed by atoms with van der Waals surface area (Å²) in [5.41, 5.74) is 10.6. The Kier molecular flexibility index (Phi) is 5.87. The van der Waals surface area contributed by atoms with Crippen molar-refractivity contribution in [2.75, 3.05) is 5.32 Å². The highest BCUT2D eigenvalue weighted by molar-refractivity contribution is 7.20. The number of thiophene rings is 1. The molecule has 3 N–H and O–H groups in total. The number of hydrogen-bond acceptors (Lipinski definition) is 4. The molecule has 5 heteroatoms. The molecular weight excluding hydrogens is 386 g/mol. The zero-order chi connectivity index (χ0) is 19.5. The molecule has 28 heavy (non-hydrogen) atoms. The van der Waals surface area contributed by atoms with E-state index in [1.165, 1.54) is 23.3 Å². The van der Waals surface area contributed by atoms with Gasteiger partial charge < -0.3 is 11.1 Å². The molecule has 4 rings (SSSR count). The van der Waals surface area contributed by atoms with E-state index in [0.717, 1.165) is 40.9 Å². The summed E-state index contributed by atoms with van der Waals surface area (Å²) in [6.45, 7) is 2.61. The third-order valence-corrected chi connectivity index (χ3v) is 6.91. The van der Waals surface area contributed by atoms with Crippen LogP contribution in [0.4, 0.5) is 5.69 Å². The van der Waals surface area contributed by atoms with Gasteiger partial charge in [-0.2, -0.15) is 0 Å². The van der Waals surface area contributed by atoms with Crippen molar-refractivity contribution in [3.63, 3.8) is 0 Å². The Morgan fingerprint density at radius 2 is 2.04 bits per heavy atom. The molecule has 2 atom stereocenters. The highest BCUT2D eigenvalue weighted by atomic mass is 35.5. The van der Waals surface area contributed by atoms with Gasteiger partial charge in [0.25, 0.3) is 0 Å². The maximum atomic E-state index is 6.50. The van der Waals surface area contributed by atoms with Gasteiger partial charge in [0.05, 0.1) is 16.0 Å². The lowest BCUT2D eigenvalue weighted by molar-refractivity contribution is 0.389. The van der Waals surface area contributed by atoms with Crippen LogP contribution in [-0.2, 0) is 6.54 Å². The molecular formula is C23H24ClN3S. The smallest absolute Gasteiger partial charge is 0.131 e. The average Bonchev–Trinajstić information content (AvgIpc) is 3.06. The third kappa shape index (κ3) is 3.89. The van der Waals surface area contributed by atoms with Crippen LogP contribution in [0.15, 0.2) is 36.4 Å². The summed E-state index contributed by atoms with van der Waals surface area (Å²) in [6.07, 6.45) is 4.63. The minimum atomic E-state index is 0.190. The van der Waals surface area contributed by atoms with Gasteiger partial charge in [-0.1, -0.05) is 60.7 Å². The Labute approximate surface area is 175 Å². The lowest BCUT2D eigenvalue weighted by atomic mass is 9.83. The second-order valence-corrected chi connectivity index (χ2v) is 8.72. The number of rotatable bonds is 4. The van der Waals surface area contributed by atoms with Gasteiger partial charge in [-0.15, -0.1) is 17.3 Å². The van der Waals surface area contributed by atoms with Crippen LogP contribution in [0.25, 0.3) is 10.2 Å². The summed E-state index contributed by atoms with van der Waals surface area (Å²) in [7, 11) is 0. The van der Waals surface area contributed by atoms with Crippen molar-refractivity contribution in [3.05, 3.63) is 57.6 Å². The molecule has 3 aromatic rings. The van der Waals surface area contributed by atoms with E-state index < -0.39 is 0 Å². The Bertz CT molecular complexity index is 1030. The fourth-order valence-electron chi connectivity index (χ4n) is 3.97. The SMILES string of the molecule is CC#Cc1c([C@@H]2CCCC[C@H]2N)sc2c(NCc3ccccc3)cc(Cl)nc12. The van der Waals surface area contributed by atoms with Gasteiger partial charge >= 0.3 is 0 Å². The Hall–Kier alpha value is -2.06. The van der Waals surface area contributed by atoms with E-state index in [2.05, 4.69) is 46.4 Å². The Morgan fingerprint density at radius 3 is 2.79 bits per heavy atom. The number of fused-ring (bicyclic) bond motifs is 1. The topological polar surface area (TPSA) is 50.9 Å². The number of hydrogen-bond donors (Lipinski definition) is 2. The summed E-state index contributed by atoms with van der Waals surface area (Å²) >= 11 is 8.16. The van der Waals surface area contributed by atoms with Gasteiger partial charge in [0, 0.05) is 29.4 Å². The molecule has 1 aliphatic rings. The van der Waals surface area contributed by atoms with Crippen LogP contribution >= 0.6 is 22.9 Å². The number of pyridine rings is 1. The van der Waals surface area contributed by atoms with Crippen LogP contribution in [0, 0.1) is 11.8 Å². The molecule has 0 amide bonds. The number of aromatic nitrogens is 1. The number of nitrogens with two attached hydrogens (primary N) is 1. The van der Waals surface area contributed by atoms with Crippen LogP contribution in [0.1, 0.15) is 54.5 Å². The Balaban J connectivity index is 1.78. The van der Waals surface area contributed by atoms with Crippen molar-refractivity contribution in [3.8, 4) is 11.8 Å². The standard InChI is InChI=1S/C23H24ClN3S/c1-2-8-17-21-23(28-22(17)16-11-6-7-12-18(16)25)19(13-20(24)27-21)26-14-15-9-4-3-5-10-15/h3-5,9-10,13,16,18H,6-7,11-12,14,25H2,1H3,(H,26,27)/t16-,18-/m1/s1. The summed E-state index contributed by atoms with van der Waals surface area (Å²) in [5, 5.41) is 4.03. The van der Waals surface area contributed by atoms with Gasteiger partial charge in [0.15, 0.2) is 0 Å². The molecule has 0 bridgehead atoms. The summed E-state index contributed by atoms with van der Waals surface area (Å²) in [4.78, 5) is 5.92. The van der Waals surface area contributed by atoms with E-state index in [0.29, 0.717) is 11.1 Å². The molecule has 0 saturated heterocycles. The van der Waals surface area contributed by atoms with Gasteiger partial charge in [-0.3, -0.25) is 0 Å². The van der Waals surface area contributed by atoms with Crippen LogP contribution in [0.2, 0.25) is 5.15 Å². The van der Waals surface area contributed by atoms with E-state index >= 15 is 0 Å². The molecule has 3 nitrogen and oxygen atoms in total. The summed E-state index contributed by atoms with van der Waals surface area (Å²) in [6, 6.07) is 12.5. The second-order valence-electron chi connectivity index (χ2n) is 7.28. The van der Waals surface area contributed by atoms with Crippen molar-refractivity contribution in [2.24, 2.45) is 5.73 Å². The fraction of sp³-hybridized carbons (Fsp3) is 0.348. The van der Waals surface area contributed by atoms with Crippen molar-refractivity contribution >= 4 is 38.8 Å². The summed E-state index contributed by atoms with van der Waals surface area (Å²) in [5.74, 6) is 6.72. The lowest BCUT2D eigenvalue weighted by Gasteiger charge is -2.28. The highest BCUT2D eigenvalue weighted by Gasteiger charge is 2.29. The van der Waals surface area contributed by atoms with E-state index in [1.54, 1.807) is 11.3 Å². The number of benzene rings is 1.